The maximum atomic E-state index is 14.9. The summed E-state index contributed by atoms with van der Waals surface area (Å²) >= 11 is 6.62. The Morgan fingerprint density at radius 2 is 1.94 bits per heavy atom. The molecule has 35 heavy (non-hydrogen) atoms. The standard InChI is InChI=1S/C25H18ClF3N2O3S/c1-14(24(33)34)10-18-19(27)11-16(12-20(18)28)23(32)31-25-30-21(13-35-25)17-8-5-7-15(22(17)29)6-3-2-4-9-26/h5,7-8,10-13H,2,4,9H2,1H3,(H,33,34)(H,30,31,32)/b14-10+. The quantitative estimate of drug-likeness (QED) is 0.166. The summed E-state index contributed by atoms with van der Waals surface area (Å²) in [6.45, 7) is 1.19. The summed E-state index contributed by atoms with van der Waals surface area (Å²) in [6.07, 6.45) is 2.07. The Morgan fingerprint density at radius 3 is 2.60 bits per heavy atom. The van der Waals surface area contributed by atoms with Gasteiger partial charge in [0, 0.05) is 39.9 Å². The number of nitrogens with one attached hydrogen (secondary N) is 1. The minimum Gasteiger partial charge on any atom is -0.478 e. The van der Waals surface area contributed by atoms with Gasteiger partial charge < -0.3 is 5.11 Å². The molecule has 10 heteroatoms. The summed E-state index contributed by atoms with van der Waals surface area (Å²) in [5.74, 6) is 1.17. The van der Waals surface area contributed by atoms with Gasteiger partial charge in [-0.2, -0.15) is 0 Å². The van der Waals surface area contributed by atoms with E-state index in [1.807, 2.05) is 0 Å². The fourth-order valence-electron chi connectivity index (χ4n) is 2.89. The van der Waals surface area contributed by atoms with Crippen LogP contribution in [0.5, 0.6) is 0 Å². The van der Waals surface area contributed by atoms with Gasteiger partial charge in [-0.15, -0.1) is 22.9 Å². The second-order valence-corrected chi connectivity index (χ2v) is 8.48. The highest BCUT2D eigenvalue weighted by Crippen LogP contribution is 2.29. The number of aliphatic carboxylic acids is 1. The first-order valence-electron chi connectivity index (χ1n) is 10.2. The molecule has 0 unspecified atom stereocenters. The Hall–Kier alpha value is -3.61. The first kappa shape index (κ1) is 26.0. The highest BCUT2D eigenvalue weighted by atomic mass is 35.5. The van der Waals surface area contributed by atoms with Crippen LogP contribution in [-0.2, 0) is 4.79 Å². The molecule has 2 aromatic carbocycles. The lowest BCUT2D eigenvalue weighted by molar-refractivity contribution is -0.132. The molecule has 0 aliphatic rings. The minimum absolute atomic E-state index is 0.0921. The molecule has 0 saturated heterocycles. The van der Waals surface area contributed by atoms with Gasteiger partial charge in [-0.1, -0.05) is 17.9 Å². The van der Waals surface area contributed by atoms with E-state index in [1.165, 1.54) is 18.4 Å². The Bertz CT molecular complexity index is 1350. The third-order valence-electron chi connectivity index (χ3n) is 4.70. The molecular formula is C25H18ClF3N2O3S. The van der Waals surface area contributed by atoms with Gasteiger partial charge in [0.05, 0.1) is 11.3 Å². The molecule has 0 aliphatic carbocycles. The van der Waals surface area contributed by atoms with Crippen molar-refractivity contribution in [3.8, 4) is 23.1 Å². The number of carbonyl (C=O) groups excluding carboxylic acids is 1. The SMILES string of the molecule is C/C(=C\c1c(F)cc(C(=O)Nc2nc(-c3cccc(C#CCCCCl)c3F)cs2)cc1F)C(=O)O. The number of nitrogens with zero attached hydrogens (tertiary/aromatic N) is 1. The largest absolute Gasteiger partial charge is 0.478 e. The second kappa shape index (κ2) is 11.7. The summed E-state index contributed by atoms with van der Waals surface area (Å²) in [5.41, 5.74) is -0.523. The monoisotopic (exact) mass is 518 g/mol. The van der Waals surface area contributed by atoms with E-state index in [1.54, 1.807) is 12.1 Å². The summed E-state index contributed by atoms with van der Waals surface area (Å²) < 4.78 is 43.6. The number of hydrogen-bond donors (Lipinski definition) is 2. The van der Waals surface area contributed by atoms with Crippen LogP contribution >= 0.6 is 22.9 Å². The predicted molar refractivity (Wildman–Crippen MR) is 130 cm³/mol. The number of amides is 1. The minimum atomic E-state index is -1.33. The van der Waals surface area contributed by atoms with Crippen LogP contribution in [-0.4, -0.2) is 27.8 Å². The number of unbranched alkanes of at least 4 members (excludes halogenated alkanes) is 1. The van der Waals surface area contributed by atoms with Crippen LogP contribution in [0.15, 0.2) is 41.3 Å². The molecule has 1 aromatic heterocycles. The number of alkyl halides is 1. The van der Waals surface area contributed by atoms with Crippen molar-refractivity contribution in [3.05, 3.63) is 75.4 Å². The first-order chi connectivity index (χ1) is 16.7. The Kier molecular flexibility index (Phi) is 8.68. The fraction of sp³-hybridized carbons (Fsp3) is 0.160. The lowest BCUT2D eigenvalue weighted by Crippen LogP contribution is -2.13. The molecule has 0 spiro atoms. The second-order valence-electron chi connectivity index (χ2n) is 7.24. The smallest absolute Gasteiger partial charge is 0.331 e. The molecule has 3 aromatic rings. The van der Waals surface area contributed by atoms with E-state index >= 15 is 0 Å². The van der Waals surface area contributed by atoms with Crippen molar-refractivity contribution in [2.45, 2.75) is 19.8 Å². The van der Waals surface area contributed by atoms with E-state index in [0.717, 1.165) is 29.5 Å². The van der Waals surface area contributed by atoms with Gasteiger partial charge in [-0.05, 0) is 43.7 Å². The number of carbonyl (C=O) groups is 2. The molecular weight excluding hydrogens is 501 g/mol. The molecule has 0 aliphatic heterocycles. The van der Waals surface area contributed by atoms with Crippen molar-refractivity contribution in [2.75, 3.05) is 11.2 Å². The van der Waals surface area contributed by atoms with Crippen LogP contribution in [0.2, 0.25) is 0 Å². The third kappa shape index (κ3) is 6.50. The number of anilines is 1. The topological polar surface area (TPSA) is 79.3 Å². The number of carboxylic acid groups (broad SMARTS) is 1. The molecule has 180 valence electrons. The zero-order valence-electron chi connectivity index (χ0n) is 18.3. The van der Waals surface area contributed by atoms with E-state index in [4.69, 9.17) is 16.7 Å². The van der Waals surface area contributed by atoms with Gasteiger partial charge in [0.1, 0.15) is 17.5 Å². The molecule has 0 saturated carbocycles. The van der Waals surface area contributed by atoms with Crippen molar-refractivity contribution in [1.29, 1.82) is 0 Å². The summed E-state index contributed by atoms with van der Waals surface area (Å²) in [4.78, 5) is 27.6. The van der Waals surface area contributed by atoms with Gasteiger partial charge in [0.25, 0.3) is 5.91 Å². The van der Waals surface area contributed by atoms with E-state index < -0.39 is 34.9 Å². The van der Waals surface area contributed by atoms with Crippen LogP contribution in [0.4, 0.5) is 18.3 Å². The van der Waals surface area contributed by atoms with E-state index in [2.05, 4.69) is 22.1 Å². The highest BCUT2D eigenvalue weighted by Gasteiger charge is 2.17. The van der Waals surface area contributed by atoms with E-state index in [-0.39, 0.29) is 33.1 Å². The maximum absolute atomic E-state index is 14.9. The molecule has 3 rings (SSSR count). The molecule has 1 heterocycles. The highest BCUT2D eigenvalue weighted by molar-refractivity contribution is 7.14. The van der Waals surface area contributed by atoms with Gasteiger partial charge in [0.2, 0.25) is 0 Å². The third-order valence-corrected chi connectivity index (χ3v) is 5.72. The molecule has 0 fully saturated rings. The lowest BCUT2D eigenvalue weighted by atomic mass is 10.1. The van der Waals surface area contributed by atoms with Crippen molar-refractivity contribution < 1.29 is 27.9 Å². The molecule has 2 N–H and O–H groups in total. The number of hydrogen-bond acceptors (Lipinski definition) is 4. The number of halogens is 4. The predicted octanol–water partition coefficient (Wildman–Crippen LogP) is 6.34. The van der Waals surface area contributed by atoms with Gasteiger partial charge >= 0.3 is 5.97 Å². The molecule has 1 amide bonds. The van der Waals surface area contributed by atoms with Gasteiger partial charge in [-0.3, -0.25) is 10.1 Å². The van der Waals surface area contributed by atoms with Crippen LogP contribution in [0.25, 0.3) is 17.3 Å². The maximum Gasteiger partial charge on any atom is 0.331 e. The zero-order valence-corrected chi connectivity index (χ0v) is 19.9. The van der Waals surface area contributed by atoms with Crippen LogP contribution in [0, 0.1) is 29.3 Å². The van der Waals surface area contributed by atoms with Crippen molar-refractivity contribution in [2.24, 2.45) is 0 Å². The molecule has 0 atom stereocenters. The Balaban J connectivity index is 1.80. The molecule has 0 bridgehead atoms. The Morgan fingerprint density at radius 1 is 1.23 bits per heavy atom. The van der Waals surface area contributed by atoms with Crippen LogP contribution in [0.3, 0.4) is 0 Å². The average Bonchev–Trinajstić information content (AvgIpc) is 3.27. The summed E-state index contributed by atoms with van der Waals surface area (Å²) in [7, 11) is 0. The van der Waals surface area contributed by atoms with Gasteiger partial charge in [-0.25, -0.2) is 22.9 Å². The van der Waals surface area contributed by atoms with Crippen molar-refractivity contribution in [1.82, 2.24) is 4.98 Å². The molecule has 5 nitrogen and oxygen atoms in total. The first-order valence-corrected chi connectivity index (χ1v) is 11.6. The molecule has 0 radical (unpaired) electrons. The number of benzene rings is 2. The van der Waals surface area contributed by atoms with Crippen LogP contribution < -0.4 is 5.32 Å². The number of carboxylic acids is 1. The van der Waals surface area contributed by atoms with E-state index in [9.17, 15) is 22.8 Å². The normalized spacial score (nSPS) is 11.1. The lowest BCUT2D eigenvalue weighted by Gasteiger charge is -2.06. The number of thiazole rings is 1. The Labute approximate surface area is 208 Å². The van der Waals surface area contributed by atoms with Gasteiger partial charge in [0.15, 0.2) is 5.13 Å². The fourth-order valence-corrected chi connectivity index (χ4v) is 3.73. The number of aromatic nitrogens is 1. The van der Waals surface area contributed by atoms with Crippen molar-refractivity contribution in [3.63, 3.8) is 0 Å². The van der Waals surface area contributed by atoms with E-state index in [0.29, 0.717) is 18.7 Å². The summed E-state index contributed by atoms with van der Waals surface area (Å²) in [6, 6.07) is 6.28. The van der Waals surface area contributed by atoms with Crippen LogP contribution in [0.1, 0.15) is 41.3 Å². The number of rotatable bonds is 7. The summed E-state index contributed by atoms with van der Waals surface area (Å²) in [5, 5.41) is 12.9. The van der Waals surface area contributed by atoms with Crippen molar-refractivity contribution >= 4 is 46.0 Å². The zero-order chi connectivity index (χ0) is 25.5. The average molecular weight is 519 g/mol.